The fraction of sp³-hybridized carbons (Fsp3) is 0.286. The van der Waals surface area contributed by atoms with Crippen LogP contribution in [0.5, 0.6) is 0 Å². The van der Waals surface area contributed by atoms with Crippen LogP contribution in [0.4, 0.5) is 15.9 Å². The Labute approximate surface area is 172 Å². The molecule has 1 aliphatic heterocycles. The molecule has 0 aliphatic carbocycles. The average molecular weight is 407 g/mol. The van der Waals surface area contributed by atoms with Gasteiger partial charge in [0.2, 0.25) is 0 Å². The molecule has 5 rings (SSSR count). The van der Waals surface area contributed by atoms with Gasteiger partial charge in [-0.15, -0.1) is 0 Å². The molecule has 3 aromatic heterocycles. The van der Waals surface area contributed by atoms with Gasteiger partial charge in [0.1, 0.15) is 11.3 Å². The number of piperazine rings is 1. The van der Waals surface area contributed by atoms with E-state index in [0.717, 1.165) is 37.7 Å². The van der Waals surface area contributed by atoms with E-state index in [-0.39, 0.29) is 11.4 Å². The average Bonchev–Trinajstić information content (AvgIpc) is 3.29. The SMILES string of the molecule is Cc1cn2c(N3CCNCC3)ccc(C(=O)Nc3cc(F)c4nn(C)cc4c3)c2n1. The molecule has 4 heterocycles. The highest BCUT2D eigenvalue weighted by Gasteiger charge is 2.20. The molecule has 1 fully saturated rings. The molecule has 0 spiro atoms. The molecule has 30 heavy (non-hydrogen) atoms. The normalized spacial score (nSPS) is 14.6. The van der Waals surface area contributed by atoms with Gasteiger partial charge in [0.05, 0.1) is 11.3 Å². The molecule has 9 heteroatoms. The van der Waals surface area contributed by atoms with Crippen LogP contribution < -0.4 is 15.5 Å². The quantitative estimate of drug-likeness (QED) is 0.545. The van der Waals surface area contributed by atoms with Gasteiger partial charge in [-0.1, -0.05) is 0 Å². The summed E-state index contributed by atoms with van der Waals surface area (Å²) in [6, 6.07) is 6.73. The van der Waals surface area contributed by atoms with Crippen LogP contribution in [0, 0.1) is 12.7 Å². The molecule has 4 aromatic rings. The Balaban J connectivity index is 1.51. The van der Waals surface area contributed by atoms with Crippen LogP contribution in [-0.4, -0.2) is 51.3 Å². The third kappa shape index (κ3) is 3.17. The summed E-state index contributed by atoms with van der Waals surface area (Å²) in [5.41, 5.74) is 2.51. The van der Waals surface area contributed by atoms with Crippen molar-refractivity contribution in [1.82, 2.24) is 24.5 Å². The Morgan fingerprint density at radius 2 is 2.00 bits per heavy atom. The summed E-state index contributed by atoms with van der Waals surface area (Å²) in [5.74, 6) is 0.200. The molecule has 0 radical (unpaired) electrons. The number of hydrogen-bond acceptors (Lipinski definition) is 5. The lowest BCUT2D eigenvalue weighted by Gasteiger charge is -2.30. The maximum Gasteiger partial charge on any atom is 0.259 e. The maximum absolute atomic E-state index is 14.4. The van der Waals surface area contributed by atoms with Crippen molar-refractivity contribution in [1.29, 1.82) is 0 Å². The number of halogens is 1. The van der Waals surface area contributed by atoms with E-state index in [1.54, 1.807) is 30.1 Å². The highest BCUT2D eigenvalue weighted by Crippen LogP contribution is 2.25. The fourth-order valence-electron chi connectivity index (χ4n) is 3.99. The second-order valence-electron chi connectivity index (χ2n) is 7.57. The van der Waals surface area contributed by atoms with Gasteiger partial charge in [-0.05, 0) is 31.2 Å². The Hall–Kier alpha value is -3.46. The van der Waals surface area contributed by atoms with E-state index in [2.05, 4.69) is 25.6 Å². The lowest BCUT2D eigenvalue weighted by atomic mass is 10.2. The molecule has 8 nitrogen and oxygen atoms in total. The second-order valence-corrected chi connectivity index (χ2v) is 7.57. The maximum atomic E-state index is 14.4. The number of rotatable bonds is 3. The van der Waals surface area contributed by atoms with E-state index in [9.17, 15) is 9.18 Å². The number of aromatic nitrogens is 4. The zero-order chi connectivity index (χ0) is 20.8. The number of carbonyl (C=O) groups excluding carboxylic acids is 1. The topological polar surface area (TPSA) is 79.5 Å². The predicted molar refractivity (Wildman–Crippen MR) is 114 cm³/mol. The van der Waals surface area contributed by atoms with Crippen molar-refractivity contribution >= 4 is 34.0 Å². The molecule has 0 saturated carbocycles. The first-order valence-corrected chi connectivity index (χ1v) is 9.88. The number of carbonyl (C=O) groups is 1. The highest BCUT2D eigenvalue weighted by atomic mass is 19.1. The third-order valence-corrected chi connectivity index (χ3v) is 5.33. The summed E-state index contributed by atoms with van der Waals surface area (Å²) in [4.78, 5) is 19.9. The molecule has 1 aliphatic rings. The number of nitrogens with one attached hydrogen (secondary N) is 2. The number of hydrogen-bond donors (Lipinski definition) is 2. The van der Waals surface area contributed by atoms with Crippen LogP contribution in [0.15, 0.2) is 36.7 Å². The smallest absolute Gasteiger partial charge is 0.259 e. The highest BCUT2D eigenvalue weighted by molar-refractivity contribution is 6.09. The summed E-state index contributed by atoms with van der Waals surface area (Å²) >= 11 is 0. The van der Waals surface area contributed by atoms with Crippen LogP contribution in [0.2, 0.25) is 0 Å². The minimum absolute atomic E-state index is 0.280. The van der Waals surface area contributed by atoms with Gasteiger partial charge in [-0.25, -0.2) is 9.37 Å². The van der Waals surface area contributed by atoms with E-state index >= 15 is 0 Å². The lowest BCUT2D eigenvalue weighted by molar-refractivity contribution is 0.102. The predicted octanol–water partition coefficient (Wildman–Crippen LogP) is 2.33. The Morgan fingerprint density at radius 1 is 1.20 bits per heavy atom. The minimum atomic E-state index is -0.473. The zero-order valence-corrected chi connectivity index (χ0v) is 16.8. The Morgan fingerprint density at radius 3 is 2.80 bits per heavy atom. The second kappa shape index (κ2) is 7.10. The summed E-state index contributed by atoms with van der Waals surface area (Å²) in [6.07, 6.45) is 3.65. The zero-order valence-electron chi connectivity index (χ0n) is 16.8. The number of nitrogens with zero attached hydrogens (tertiary/aromatic N) is 5. The summed E-state index contributed by atoms with van der Waals surface area (Å²) in [6.45, 7) is 5.52. The van der Waals surface area contributed by atoms with Crippen molar-refractivity contribution in [3.63, 3.8) is 0 Å². The number of pyridine rings is 1. The number of fused-ring (bicyclic) bond motifs is 2. The van der Waals surface area contributed by atoms with Crippen molar-refractivity contribution in [3.8, 4) is 0 Å². The first kappa shape index (κ1) is 18.6. The van der Waals surface area contributed by atoms with Crippen LogP contribution in [0.25, 0.3) is 16.6 Å². The molecule has 1 aromatic carbocycles. The summed E-state index contributed by atoms with van der Waals surface area (Å²) in [7, 11) is 1.73. The van der Waals surface area contributed by atoms with Crippen molar-refractivity contribution < 1.29 is 9.18 Å². The molecular formula is C21H22FN7O. The Bertz CT molecular complexity index is 1270. The largest absolute Gasteiger partial charge is 0.355 e. The number of amides is 1. The lowest BCUT2D eigenvalue weighted by Crippen LogP contribution is -2.44. The molecular weight excluding hydrogens is 385 g/mol. The van der Waals surface area contributed by atoms with Crippen LogP contribution in [0.3, 0.4) is 0 Å². The molecule has 1 saturated heterocycles. The molecule has 2 N–H and O–H groups in total. The van der Waals surface area contributed by atoms with Crippen molar-refractivity contribution in [2.45, 2.75) is 6.92 Å². The number of imidazole rings is 1. The van der Waals surface area contributed by atoms with Crippen molar-refractivity contribution in [2.24, 2.45) is 7.05 Å². The standard InChI is InChI=1S/C21H22FN7O/c1-13-11-29-18(28-7-5-23-6-8-28)4-3-16(20(29)24-13)21(30)25-15-9-14-12-27(2)26-19(14)17(22)10-15/h3-4,9-12,23H,5-8H2,1-2H3,(H,25,30). The van der Waals surface area contributed by atoms with E-state index in [1.807, 2.05) is 23.6 Å². The van der Waals surface area contributed by atoms with E-state index in [0.29, 0.717) is 22.3 Å². The van der Waals surface area contributed by atoms with Crippen molar-refractivity contribution in [2.75, 3.05) is 36.4 Å². The molecule has 1 amide bonds. The first-order valence-electron chi connectivity index (χ1n) is 9.88. The van der Waals surface area contributed by atoms with E-state index in [1.165, 1.54) is 6.07 Å². The molecule has 154 valence electrons. The van der Waals surface area contributed by atoms with Gasteiger partial charge in [0, 0.05) is 56.7 Å². The third-order valence-electron chi connectivity index (χ3n) is 5.33. The molecule has 0 bridgehead atoms. The van der Waals surface area contributed by atoms with Crippen molar-refractivity contribution in [3.05, 3.63) is 53.7 Å². The van der Waals surface area contributed by atoms with Gasteiger partial charge >= 0.3 is 0 Å². The fourth-order valence-corrected chi connectivity index (χ4v) is 3.99. The van der Waals surface area contributed by atoms with Gasteiger partial charge in [0.15, 0.2) is 11.5 Å². The monoisotopic (exact) mass is 407 g/mol. The van der Waals surface area contributed by atoms with E-state index < -0.39 is 5.82 Å². The van der Waals surface area contributed by atoms with Crippen LogP contribution >= 0.6 is 0 Å². The van der Waals surface area contributed by atoms with E-state index in [4.69, 9.17) is 0 Å². The number of aryl methyl sites for hydroxylation is 2. The van der Waals surface area contributed by atoms with Crippen LogP contribution in [0.1, 0.15) is 16.1 Å². The summed E-state index contributed by atoms with van der Waals surface area (Å²) in [5, 5.41) is 10.9. The number of benzene rings is 1. The summed E-state index contributed by atoms with van der Waals surface area (Å²) < 4.78 is 17.9. The van der Waals surface area contributed by atoms with Gasteiger partial charge < -0.3 is 15.5 Å². The molecule has 0 unspecified atom stereocenters. The molecule has 0 atom stereocenters. The van der Waals surface area contributed by atoms with Gasteiger partial charge in [0.25, 0.3) is 5.91 Å². The Kier molecular flexibility index (Phi) is 4.39. The van der Waals surface area contributed by atoms with Gasteiger partial charge in [-0.3, -0.25) is 13.9 Å². The van der Waals surface area contributed by atoms with Crippen LogP contribution in [-0.2, 0) is 7.05 Å². The minimum Gasteiger partial charge on any atom is -0.355 e. The first-order chi connectivity index (χ1) is 14.5. The van der Waals surface area contributed by atoms with Gasteiger partial charge in [-0.2, -0.15) is 5.10 Å². The number of anilines is 2.